The van der Waals surface area contributed by atoms with E-state index >= 15 is 0 Å². The number of hydrogen-bond donors (Lipinski definition) is 5. The van der Waals surface area contributed by atoms with Crippen molar-refractivity contribution >= 4 is 23.8 Å². The molecule has 44 heavy (non-hydrogen) atoms. The summed E-state index contributed by atoms with van der Waals surface area (Å²) in [7, 11) is 0. The van der Waals surface area contributed by atoms with Gasteiger partial charge in [-0.3, -0.25) is 23.9 Å². The molecule has 2 rings (SSSR count). The van der Waals surface area contributed by atoms with Crippen molar-refractivity contribution in [1.82, 2.24) is 20.2 Å². The highest BCUT2D eigenvalue weighted by Crippen LogP contribution is 2.40. The third kappa shape index (κ3) is 9.22. The van der Waals surface area contributed by atoms with Crippen LogP contribution in [0.15, 0.2) is 21.9 Å². The van der Waals surface area contributed by atoms with E-state index in [1.807, 2.05) is 4.98 Å². The molecular weight excluding hydrogens is 580 g/mol. The lowest BCUT2D eigenvalue weighted by molar-refractivity contribution is -0.164. The van der Waals surface area contributed by atoms with Crippen molar-refractivity contribution in [1.29, 1.82) is 0 Å². The molecule has 0 bridgehead atoms. The number of aliphatic hydroxyl groups excluding tert-OH is 1. The van der Waals surface area contributed by atoms with Crippen LogP contribution in [0.4, 0.5) is 9.59 Å². The number of alkyl carbamates (subject to hydrolysis) is 2. The van der Waals surface area contributed by atoms with E-state index in [1.54, 1.807) is 69.2 Å². The van der Waals surface area contributed by atoms with E-state index in [1.165, 1.54) is 0 Å². The van der Waals surface area contributed by atoms with Crippen LogP contribution in [-0.4, -0.2) is 84.6 Å². The smallest absolute Gasteiger partial charge is 0.408 e. The molecule has 248 valence electrons. The summed E-state index contributed by atoms with van der Waals surface area (Å²) in [5.41, 5.74) is -6.09. The quantitative estimate of drug-likeness (QED) is 0.248. The van der Waals surface area contributed by atoms with E-state index < -0.39 is 101 Å². The molecule has 6 atom stereocenters. The Balaban J connectivity index is 2.55. The lowest BCUT2D eigenvalue weighted by Crippen LogP contribution is -2.62. The zero-order valence-electron chi connectivity index (χ0n) is 26.9. The van der Waals surface area contributed by atoms with E-state index in [2.05, 4.69) is 10.6 Å². The molecule has 1 aliphatic heterocycles. The number of hydrogen-bond acceptors (Lipinski definition) is 11. The minimum Gasteiger partial charge on any atom is -0.444 e. The Morgan fingerprint density at radius 1 is 0.955 bits per heavy atom. The van der Waals surface area contributed by atoms with E-state index in [4.69, 9.17) is 14.2 Å². The predicted molar refractivity (Wildman–Crippen MR) is 157 cm³/mol. The fraction of sp³-hybridized carbons (Fsp3) is 0.724. The van der Waals surface area contributed by atoms with Gasteiger partial charge in [0, 0.05) is 18.7 Å². The first kappa shape index (κ1) is 36.6. The third-order valence-corrected chi connectivity index (χ3v) is 6.69. The normalized spacial score (nSPS) is 22.7. The average molecular weight is 627 g/mol. The molecule has 2 amide bonds. The maximum absolute atomic E-state index is 14.0. The Kier molecular flexibility index (Phi) is 11.3. The van der Waals surface area contributed by atoms with Gasteiger partial charge in [0.2, 0.25) is 0 Å². The summed E-state index contributed by atoms with van der Waals surface area (Å²) < 4.78 is 17.2. The summed E-state index contributed by atoms with van der Waals surface area (Å²) in [5.74, 6) is -3.21. The Labute approximate surface area is 255 Å². The Bertz CT molecular complexity index is 1340. The van der Waals surface area contributed by atoms with Crippen molar-refractivity contribution in [2.24, 2.45) is 11.8 Å². The first-order valence-electron chi connectivity index (χ1n) is 14.4. The van der Waals surface area contributed by atoms with Gasteiger partial charge in [0.1, 0.15) is 29.6 Å². The number of aliphatic hydroxyl groups is 2. The Morgan fingerprint density at radius 3 is 1.86 bits per heavy atom. The molecule has 5 N–H and O–H groups in total. The molecule has 0 aliphatic carbocycles. The second kappa shape index (κ2) is 13.6. The summed E-state index contributed by atoms with van der Waals surface area (Å²) in [4.78, 5) is 79.1. The van der Waals surface area contributed by atoms with Gasteiger partial charge in [-0.1, -0.05) is 27.7 Å². The van der Waals surface area contributed by atoms with Crippen molar-refractivity contribution in [3.8, 4) is 0 Å². The van der Waals surface area contributed by atoms with Crippen LogP contribution in [0.25, 0.3) is 0 Å². The van der Waals surface area contributed by atoms with E-state index in [-0.39, 0.29) is 0 Å². The molecule has 0 radical (unpaired) electrons. The molecule has 1 saturated heterocycles. The second-order valence-corrected chi connectivity index (χ2v) is 13.6. The zero-order valence-corrected chi connectivity index (χ0v) is 26.9. The number of Topliss-reactive ketones (excluding diaryl/α,β-unsaturated/α-hetero) is 2. The van der Waals surface area contributed by atoms with Crippen molar-refractivity contribution in [3.05, 3.63) is 33.1 Å². The number of rotatable bonds is 10. The van der Waals surface area contributed by atoms with Crippen molar-refractivity contribution < 1.29 is 43.6 Å². The molecule has 0 aromatic carbocycles. The van der Waals surface area contributed by atoms with Crippen LogP contribution in [0, 0.1) is 11.8 Å². The van der Waals surface area contributed by atoms with Gasteiger partial charge < -0.3 is 35.1 Å². The van der Waals surface area contributed by atoms with Gasteiger partial charge in [-0.05, 0) is 53.4 Å². The molecule has 15 nitrogen and oxygen atoms in total. The highest BCUT2D eigenvalue weighted by atomic mass is 16.6. The maximum atomic E-state index is 14.0. The molecule has 0 saturated carbocycles. The molecule has 0 spiro atoms. The minimum absolute atomic E-state index is 0.579. The molecule has 1 unspecified atom stereocenters. The summed E-state index contributed by atoms with van der Waals surface area (Å²) in [6.07, 6.45) is -7.04. The average Bonchev–Trinajstić information content (AvgIpc) is 3.20. The van der Waals surface area contributed by atoms with Crippen LogP contribution >= 0.6 is 0 Å². The number of aromatic amines is 1. The number of H-pyrrole nitrogens is 1. The first-order valence-corrected chi connectivity index (χ1v) is 14.4. The highest BCUT2D eigenvalue weighted by Gasteiger charge is 2.60. The second-order valence-electron chi connectivity index (χ2n) is 13.6. The highest BCUT2D eigenvalue weighted by molar-refractivity contribution is 5.97. The molecule has 2 heterocycles. The molecule has 1 aromatic rings. The summed E-state index contributed by atoms with van der Waals surface area (Å²) in [6.45, 7) is 16.1. The zero-order chi connectivity index (χ0) is 33.9. The lowest BCUT2D eigenvalue weighted by Gasteiger charge is -2.35. The van der Waals surface area contributed by atoms with Gasteiger partial charge in [0.15, 0.2) is 17.2 Å². The fourth-order valence-corrected chi connectivity index (χ4v) is 4.68. The van der Waals surface area contributed by atoms with E-state index in [0.29, 0.717) is 0 Å². The molecule has 1 aromatic heterocycles. The van der Waals surface area contributed by atoms with Crippen LogP contribution in [-0.2, 0) is 23.8 Å². The Morgan fingerprint density at radius 2 is 1.43 bits per heavy atom. The third-order valence-electron chi connectivity index (χ3n) is 6.69. The number of nitrogens with one attached hydrogen (secondary N) is 3. The number of carbonyl (C=O) groups excluding carboxylic acids is 4. The minimum atomic E-state index is -2.65. The maximum Gasteiger partial charge on any atom is 0.408 e. The molecule has 1 aliphatic rings. The fourth-order valence-electron chi connectivity index (χ4n) is 4.68. The van der Waals surface area contributed by atoms with Crippen molar-refractivity contribution in [3.63, 3.8) is 0 Å². The number of carbonyl (C=O) groups is 4. The number of amides is 2. The van der Waals surface area contributed by atoms with E-state index in [0.717, 1.165) is 16.8 Å². The molecule has 1 fully saturated rings. The lowest BCUT2D eigenvalue weighted by atomic mass is 9.79. The van der Waals surface area contributed by atoms with Gasteiger partial charge in [0.25, 0.3) is 5.56 Å². The van der Waals surface area contributed by atoms with E-state index in [9.17, 15) is 39.0 Å². The monoisotopic (exact) mass is 626 g/mol. The van der Waals surface area contributed by atoms with Crippen LogP contribution < -0.4 is 21.9 Å². The van der Waals surface area contributed by atoms with Crippen LogP contribution in [0.5, 0.6) is 0 Å². The van der Waals surface area contributed by atoms with Crippen LogP contribution in [0.1, 0.15) is 81.9 Å². The number of ether oxygens (including phenoxy) is 3. The van der Waals surface area contributed by atoms with Gasteiger partial charge in [-0.15, -0.1) is 0 Å². The summed E-state index contributed by atoms with van der Waals surface area (Å²) >= 11 is 0. The van der Waals surface area contributed by atoms with Crippen LogP contribution in [0.2, 0.25) is 0 Å². The number of aromatic nitrogens is 2. The van der Waals surface area contributed by atoms with Gasteiger partial charge in [-0.2, -0.15) is 0 Å². The number of ketones is 2. The van der Waals surface area contributed by atoms with Gasteiger partial charge in [0.05, 0.1) is 12.1 Å². The van der Waals surface area contributed by atoms with Crippen molar-refractivity contribution in [2.45, 2.75) is 123 Å². The standard InChI is InChI=1S/C29H46N4O11/c1-14(2)18(31-25(39)43-27(5,6)7)20(35)21(36)23-29(41,13-17(42-23)33-12-11-16(34)30-24(33)38)22(37)19(15(3)4)32-26(40)44-28(8,9)10/h11-12,14-15,17-19,21,23,36,41H,13H2,1-10H3,(H,31,39)(H,32,40)(H,30,34,38)/t17-,18+,19+,21?,23-,29-/m1/s1. The first-order chi connectivity index (χ1) is 20.0. The molecular formula is C29H46N4O11. The predicted octanol–water partition coefficient (Wildman–Crippen LogP) is 1.15. The van der Waals surface area contributed by atoms with Gasteiger partial charge in [-0.25, -0.2) is 14.4 Å². The largest absolute Gasteiger partial charge is 0.444 e. The van der Waals surface area contributed by atoms with Crippen molar-refractivity contribution in [2.75, 3.05) is 0 Å². The topological polar surface area (TPSA) is 215 Å². The number of nitrogens with zero attached hydrogens (tertiary/aromatic N) is 1. The Hall–Kier alpha value is -3.56. The molecule has 15 heteroatoms. The SMILES string of the molecule is CC(C)[C@H](NC(=O)OC(C)(C)C)C(=O)C(O)[C@H]1O[C@@H](n2ccc(=O)[nH]c2=O)C[C@@]1(O)C(=O)[C@@H](NC(=O)OC(C)(C)C)C(C)C. The van der Waals surface area contributed by atoms with Crippen LogP contribution in [0.3, 0.4) is 0 Å². The van der Waals surface area contributed by atoms with Gasteiger partial charge >= 0.3 is 17.9 Å². The summed E-state index contributed by atoms with van der Waals surface area (Å²) in [5, 5.41) is 28.2. The summed E-state index contributed by atoms with van der Waals surface area (Å²) in [6, 6.07) is -1.70.